The molecule has 1 aliphatic rings. The minimum atomic E-state index is -3.81. The lowest BCUT2D eigenvalue weighted by molar-refractivity contribution is 0.0929. The van der Waals surface area contributed by atoms with Crippen molar-refractivity contribution in [3.05, 3.63) is 47.9 Å². The number of carbonyl (C=O) groups is 1. The van der Waals surface area contributed by atoms with Gasteiger partial charge in [-0.25, -0.2) is 13.1 Å². The topological polar surface area (TPSA) is 101 Å². The van der Waals surface area contributed by atoms with Gasteiger partial charge in [0.1, 0.15) is 16.4 Å². The summed E-state index contributed by atoms with van der Waals surface area (Å²) in [6.45, 7) is 6.05. The van der Waals surface area contributed by atoms with E-state index in [-0.39, 0.29) is 34.2 Å². The maximum Gasteiger partial charge on any atom is 0.251 e. The van der Waals surface area contributed by atoms with Crippen molar-refractivity contribution in [1.29, 1.82) is 0 Å². The lowest BCUT2D eigenvalue weighted by Crippen LogP contribution is -2.38. The molecular formula is C23H33N3O5S. The van der Waals surface area contributed by atoms with E-state index in [0.717, 1.165) is 44.5 Å². The molecule has 0 aliphatic heterocycles. The molecule has 1 unspecified atom stereocenters. The van der Waals surface area contributed by atoms with Crippen LogP contribution in [0.3, 0.4) is 0 Å². The number of amides is 1. The molecule has 1 heterocycles. The SMILES string of the molecule is CCN(CC)C(CNC(=O)c1ccc(OC)c(S(=O)(=O)NC2CCCC2)c1)c1ccco1. The molecule has 3 rings (SSSR count). The molecule has 1 saturated carbocycles. The molecule has 176 valence electrons. The zero-order valence-electron chi connectivity index (χ0n) is 19.0. The Bertz CT molecular complexity index is 981. The van der Waals surface area contributed by atoms with Gasteiger partial charge in [-0.3, -0.25) is 9.69 Å². The summed E-state index contributed by atoms with van der Waals surface area (Å²) in [5.74, 6) is 0.630. The molecule has 1 fully saturated rings. The summed E-state index contributed by atoms with van der Waals surface area (Å²) in [5.41, 5.74) is 0.260. The Labute approximate surface area is 190 Å². The van der Waals surface area contributed by atoms with Gasteiger partial charge in [-0.1, -0.05) is 26.7 Å². The van der Waals surface area contributed by atoms with E-state index >= 15 is 0 Å². The van der Waals surface area contributed by atoms with Crippen molar-refractivity contribution in [3.63, 3.8) is 0 Å². The second-order valence-corrected chi connectivity index (χ2v) is 9.61. The predicted molar refractivity (Wildman–Crippen MR) is 122 cm³/mol. The van der Waals surface area contributed by atoms with Gasteiger partial charge < -0.3 is 14.5 Å². The number of ether oxygens (including phenoxy) is 1. The lowest BCUT2D eigenvalue weighted by Gasteiger charge is -2.28. The number of hydrogen-bond acceptors (Lipinski definition) is 6. The Kier molecular flexibility index (Phi) is 8.33. The largest absolute Gasteiger partial charge is 0.495 e. The Morgan fingerprint density at radius 3 is 2.53 bits per heavy atom. The summed E-state index contributed by atoms with van der Waals surface area (Å²) < 4.78 is 39.6. The third-order valence-corrected chi connectivity index (χ3v) is 7.51. The predicted octanol–water partition coefficient (Wildman–Crippen LogP) is 3.32. The third kappa shape index (κ3) is 5.70. The second-order valence-electron chi connectivity index (χ2n) is 7.93. The van der Waals surface area contributed by atoms with E-state index < -0.39 is 10.0 Å². The zero-order chi connectivity index (χ0) is 23.1. The molecule has 2 aromatic rings. The Morgan fingerprint density at radius 1 is 1.22 bits per heavy atom. The van der Waals surface area contributed by atoms with E-state index in [1.807, 2.05) is 12.1 Å². The van der Waals surface area contributed by atoms with Gasteiger partial charge in [0.05, 0.1) is 19.4 Å². The molecule has 1 aromatic carbocycles. The van der Waals surface area contributed by atoms with Crippen molar-refractivity contribution in [2.24, 2.45) is 0 Å². The van der Waals surface area contributed by atoms with Gasteiger partial charge in [-0.05, 0) is 56.3 Å². The molecule has 1 aromatic heterocycles. The molecule has 1 aliphatic carbocycles. The number of benzene rings is 1. The van der Waals surface area contributed by atoms with Crippen molar-refractivity contribution in [3.8, 4) is 5.75 Å². The minimum Gasteiger partial charge on any atom is -0.495 e. The number of hydrogen-bond donors (Lipinski definition) is 2. The van der Waals surface area contributed by atoms with Crippen LogP contribution in [0.15, 0.2) is 45.9 Å². The lowest BCUT2D eigenvalue weighted by atomic mass is 10.1. The highest BCUT2D eigenvalue weighted by atomic mass is 32.2. The van der Waals surface area contributed by atoms with E-state index in [9.17, 15) is 13.2 Å². The average molecular weight is 464 g/mol. The van der Waals surface area contributed by atoms with Crippen LogP contribution in [0.2, 0.25) is 0 Å². The molecule has 1 amide bonds. The number of rotatable bonds is 11. The number of carbonyl (C=O) groups excluding carboxylic acids is 1. The van der Waals surface area contributed by atoms with Gasteiger partial charge in [0.25, 0.3) is 5.91 Å². The van der Waals surface area contributed by atoms with Crippen molar-refractivity contribution >= 4 is 15.9 Å². The van der Waals surface area contributed by atoms with E-state index in [1.165, 1.54) is 19.2 Å². The number of nitrogens with zero attached hydrogens (tertiary/aromatic N) is 1. The van der Waals surface area contributed by atoms with Crippen LogP contribution in [0.4, 0.5) is 0 Å². The first-order valence-corrected chi connectivity index (χ1v) is 12.6. The van der Waals surface area contributed by atoms with Crippen LogP contribution in [0.25, 0.3) is 0 Å². The molecule has 0 bridgehead atoms. The highest BCUT2D eigenvalue weighted by Gasteiger charge is 2.27. The number of methoxy groups -OCH3 is 1. The molecule has 8 nitrogen and oxygen atoms in total. The molecule has 1 atom stereocenters. The minimum absolute atomic E-state index is 0.0223. The fourth-order valence-corrected chi connectivity index (χ4v) is 5.70. The van der Waals surface area contributed by atoms with Crippen LogP contribution in [-0.2, 0) is 10.0 Å². The van der Waals surface area contributed by atoms with Crippen LogP contribution in [-0.4, -0.2) is 52.0 Å². The van der Waals surface area contributed by atoms with Gasteiger partial charge in [0.15, 0.2) is 0 Å². The van der Waals surface area contributed by atoms with Crippen molar-refractivity contribution in [1.82, 2.24) is 14.9 Å². The van der Waals surface area contributed by atoms with Crippen LogP contribution >= 0.6 is 0 Å². The summed E-state index contributed by atoms with van der Waals surface area (Å²) in [4.78, 5) is 15.1. The van der Waals surface area contributed by atoms with Gasteiger partial charge in [-0.2, -0.15) is 0 Å². The maximum atomic E-state index is 13.0. The van der Waals surface area contributed by atoms with Crippen molar-refractivity contribution < 1.29 is 22.4 Å². The van der Waals surface area contributed by atoms with Crippen LogP contribution in [0, 0.1) is 0 Å². The van der Waals surface area contributed by atoms with Crippen LogP contribution in [0.5, 0.6) is 5.75 Å². The van der Waals surface area contributed by atoms with E-state index in [2.05, 4.69) is 28.8 Å². The molecular weight excluding hydrogens is 430 g/mol. The van der Waals surface area contributed by atoms with Crippen molar-refractivity contribution in [2.75, 3.05) is 26.7 Å². The summed E-state index contributed by atoms with van der Waals surface area (Å²) in [7, 11) is -2.39. The van der Waals surface area contributed by atoms with E-state index in [0.29, 0.717) is 6.54 Å². The van der Waals surface area contributed by atoms with E-state index in [4.69, 9.17) is 9.15 Å². The summed E-state index contributed by atoms with van der Waals surface area (Å²) in [6, 6.07) is 7.99. The normalized spacial score (nSPS) is 15.8. The quantitative estimate of drug-likeness (QED) is 0.530. The van der Waals surface area contributed by atoms with E-state index in [1.54, 1.807) is 12.3 Å². The number of likely N-dealkylation sites (N-methyl/N-ethyl adjacent to an activating group) is 1. The van der Waals surface area contributed by atoms with Gasteiger partial charge in [0.2, 0.25) is 10.0 Å². The first kappa shape index (κ1) is 24.3. The Morgan fingerprint density at radius 2 is 1.94 bits per heavy atom. The summed E-state index contributed by atoms with van der Waals surface area (Å²) in [6.07, 6.45) is 5.28. The molecule has 2 N–H and O–H groups in total. The van der Waals surface area contributed by atoms with Gasteiger partial charge in [-0.15, -0.1) is 0 Å². The standard InChI is InChI=1S/C23H33N3O5S/c1-4-26(5-2)19(20-11-8-14-31-20)16-24-23(27)17-12-13-21(30-3)22(15-17)32(28,29)25-18-9-6-7-10-18/h8,11-15,18-19,25H,4-7,9-10,16H2,1-3H3,(H,24,27). The highest BCUT2D eigenvalue weighted by molar-refractivity contribution is 7.89. The number of sulfonamides is 1. The van der Waals surface area contributed by atoms with Crippen molar-refractivity contribution in [2.45, 2.75) is 56.5 Å². The van der Waals surface area contributed by atoms with Gasteiger partial charge >= 0.3 is 0 Å². The Hall–Kier alpha value is -2.36. The molecule has 0 saturated heterocycles. The third-order valence-electron chi connectivity index (χ3n) is 5.97. The first-order chi connectivity index (χ1) is 15.4. The summed E-state index contributed by atoms with van der Waals surface area (Å²) >= 11 is 0. The molecule has 0 spiro atoms. The zero-order valence-corrected chi connectivity index (χ0v) is 19.8. The van der Waals surface area contributed by atoms with Gasteiger partial charge in [0, 0.05) is 18.2 Å². The maximum absolute atomic E-state index is 13.0. The monoisotopic (exact) mass is 463 g/mol. The molecule has 32 heavy (non-hydrogen) atoms. The molecule has 0 radical (unpaired) electrons. The summed E-state index contributed by atoms with van der Waals surface area (Å²) in [5, 5.41) is 2.93. The fourth-order valence-electron chi connectivity index (χ4n) is 4.20. The Balaban J connectivity index is 1.78. The van der Waals surface area contributed by atoms with Crippen LogP contribution in [0.1, 0.15) is 61.7 Å². The van der Waals surface area contributed by atoms with Crippen LogP contribution < -0.4 is 14.8 Å². The number of furan rings is 1. The first-order valence-electron chi connectivity index (χ1n) is 11.2. The highest BCUT2D eigenvalue weighted by Crippen LogP contribution is 2.27. The smallest absolute Gasteiger partial charge is 0.251 e. The number of nitrogens with one attached hydrogen (secondary N) is 2. The fraction of sp³-hybridized carbons (Fsp3) is 0.522. The average Bonchev–Trinajstić information content (AvgIpc) is 3.50. The second kappa shape index (κ2) is 11.0. The molecule has 9 heteroatoms.